The third-order valence-corrected chi connectivity index (χ3v) is 6.37. The van der Waals surface area contributed by atoms with Crippen molar-refractivity contribution in [3.8, 4) is 5.75 Å². The van der Waals surface area contributed by atoms with E-state index >= 15 is 0 Å². The number of ether oxygens (including phenoxy) is 2. The molecule has 0 bridgehead atoms. The minimum atomic E-state index is -0.773. The van der Waals surface area contributed by atoms with Gasteiger partial charge in [0.05, 0.1) is 6.10 Å². The lowest BCUT2D eigenvalue weighted by atomic mass is 9.81. The highest BCUT2D eigenvalue weighted by Gasteiger charge is 2.39. The van der Waals surface area contributed by atoms with Gasteiger partial charge in [0, 0.05) is 12.5 Å². The molecule has 2 aliphatic rings. The largest absolute Gasteiger partial charge is 0.427 e. The predicted molar refractivity (Wildman–Crippen MR) is 117 cm³/mol. The molecule has 0 aromatic heterocycles. The number of hydrogen-bond acceptors (Lipinski definition) is 6. The van der Waals surface area contributed by atoms with Gasteiger partial charge in [0.15, 0.2) is 5.78 Å². The Morgan fingerprint density at radius 2 is 1.84 bits per heavy atom. The summed E-state index contributed by atoms with van der Waals surface area (Å²) >= 11 is 0. The van der Waals surface area contributed by atoms with Crippen LogP contribution in [0.25, 0.3) is 0 Å². The molecule has 1 saturated carbocycles. The smallest absolute Gasteiger partial charge is 0.308 e. The van der Waals surface area contributed by atoms with Crippen molar-refractivity contribution >= 4 is 23.6 Å². The lowest BCUT2D eigenvalue weighted by molar-refractivity contribution is -0.132. The van der Waals surface area contributed by atoms with Crippen LogP contribution in [-0.2, 0) is 19.1 Å². The maximum Gasteiger partial charge on any atom is 0.308 e. The second kappa shape index (κ2) is 10.3. The molecular formula is C24H32N2O6. The van der Waals surface area contributed by atoms with Crippen molar-refractivity contribution in [2.45, 2.75) is 77.5 Å². The van der Waals surface area contributed by atoms with Gasteiger partial charge >= 0.3 is 5.97 Å². The van der Waals surface area contributed by atoms with Crippen molar-refractivity contribution in [3.05, 3.63) is 29.8 Å². The molecule has 3 atom stereocenters. The van der Waals surface area contributed by atoms with Crippen molar-refractivity contribution in [2.75, 3.05) is 6.61 Å². The number of amides is 2. The Labute approximate surface area is 188 Å². The molecule has 0 radical (unpaired) electrons. The van der Waals surface area contributed by atoms with Gasteiger partial charge in [-0.2, -0.15) is 0 Å². The van der Waals surface area contributed by atoms with E-state index in [0.717, 1.165) is 25.7 Å². The van der Waals surface area contributed by atoms with Crippen LogP contribution in [0.15, 0.2) is 24.3 Å². The second-order valence-electron chi connectivity index (χ2n) is 9.08. The maximum atomic E-state index is 13.2. The summed E-state index contributed by atoms with van der Waals surface area (Å²) in [6.07, 6.45) is 4.94. The zero-order valence-corrected chi connectivity index (χ0v) is 18.9. The summed E-state index contributed by atoms with van der Waals surface area (Å²) in [5, 5.41) is 5.68. The number of nitrogens with one attached hydrogen (secondary N) is 2. The molecular weight excluding hydrogens is 412 g/mol. The highest BCUT2D eigenvalue weighted by molar-refractivity contribution is 5.99. The van der Waals surface area contributed by atoms with Crippen LogP contribution in [0.1, 0.15) is 69.7 Å². The van der Waals surface area contributed by atoms with Gasteiger partial charge in [-0.05, 0) is 55.4 Å². The molecule has 174 valence electrons. The first-order valence-electron chi connectivity index (χ1n) is 11.2. The molecule has 3 rings (SSSR count). The first-order valence-corrected chi connectivity index (χ1v) is 11.2. The SMILES string of the molecule is CCC1OCC(=O)[C@H]1NC(=O)[C@H](CC1(C)CCCC1)NC(=O)c1ccc(OC(C)=O)cc1. The first-order chi connectivity index (χ1) is 15.2. The Morgan fingerprint density at radius 3 is 2.44 bits per heavy atom. The van der Waals surface area contributed by atoms with Crippen molar-refractivity contribution in [2.24, 2.45) is 5.41 Å². The van der Waals surface area contributed by atoms with E-state index in [1.165, 1.54) is 19.1 Å². The molecule has 8 heteroatoms. The van der Waals surface area contributed by atoms with Crippen LogP contribution < -0.4 is 15.4 Å². The Hall–Kier alpha value is -2.74. The van der Waals surface area contributed by atoms with Crippen molar-refractivity contribution in [3.63, 3.8) is 0 Å². The van der Waals surface area contributed by atoms with Gasteiger partial charge in [0.1, 0.15) is 24.4 Å². The summed E-state index contributed by atoms with van der Waals surface area (Å²) < 4.78 is 10.5. The van der Waals surface area contributed by atoms with Crippen molar-refractivity contribution in [1.29, 1.82) is 0 Å². The number of carbonyl (C=O) groups excluding carboxylic acids is 4. The number of ketones is 1. The molecule has 8 nitrogen and oxygen atoms in total. The summed E-state index contributed by atoms with van der Waals surface area (Å²) in [5.74, 6) is -1.03. The zero-order valence-electron chi connectivity index (χ0n) is 18.9. The average Bonchev–Trinajstić information content (AvgIpc) is 3.33. The summed E-state index contributed by atoms with van der Waals surface area (Å²) in [4.78, 5) is 49.4. The molecule has 0 spiro atoms. The lowest BCUT2D eigenvalue weighted by Crippen LogP contribution is -2.54. The molecule has 1 saturated heterocycles. The Kier molecular flexibility index (Phi) is 7.66. The van der Waals surface area contributed by atoms with Gasteiger partial charge in [0.25, 0.3) is 5.91 Å². The number of esters is 1. The van der Waals surface area contributed by atoms with E-state index in [0.29, 0.717) is 24.2 Å². The Balaban J connectivity index is 1.73. The first kappa shape index (κ1) is 23.9. The third-order valence-electron chi connectivity index (χ3n) is 6.37. The fourth-order valence-electron chi connectivity index (χ4n) is 4.58. The van der Waals surface area contributed by atoms with Crippen LogP contribution in [0.4, 0.5) is 0 Å². The van der Waals surface area contributed by atoms with Crippen LogP contribution in [0.2, 0.25) is 0 Å². The summed E-state index contributed by atoms with van der Waals surface area (Å²) in [7, 11) is 0. The van der Waals surface area contributed by atoms with E-state index in [1.54, 1.807) is 12.1 Å². The Bertz CT molecular complexity index is 860. The van der Waals surface area contributed by atoms with E-state index in [1.807, 2.05) is 6.92 Å². The molecule has 1 aromatic rings. The number of benzene rings is 1. The summed E-state index contributed by atoms with van der Waals surface area (Å²) in [5.41, 5.74) is 0.302. The molecule has 1 aliphatic carbocycles. The number of hydrogen-bond donors (Lipinski definition) is 2. The molecule has 32 heavy (non-hydrogen) atoms. The Morgan fingerprint density at radius 1 is 1.19 bits per heavy atom. The molecule has 2 amide bonds. The highest BCUT2D eigenvalue weighted by Crippen LogP contribution is 2.41. The summed E-state index contributed by atoms with van der Waals surface area (Å²) in [6.45, 7) is 5.34. The van der Waals surface area contributed by atoms with E-state index in [9.17, 15) is 19.2 Å². The van der Waals surface area contributed by atoms with Gasteiger partial charge < -0.3 is 20.1 Å². The molecule has 2 fully saturated rings. The van der Waals surface area contributed by atoms with Gasteiger partial charge in [-0.1, -0.05) is 26.7 Å². The predicted octanol–water partition coefficient (Wildman–Crippen LogP) is 2.54. The van der Waals surface area contributed by atoms with Gasteiger partial charge in [-0.3, -0.25) is 19.2 Å². The molecule has 1 aromatic carbocycles. The van der Waals surface area contributed by atoms with E-state index in [4.69, 9.17) is 9.47 Å². The number of rotatable bonds is 8. The molecule has 1 heterocycles. The number of Topliss-reactive ketones (excluding diaryl/α,β-unsaturated/α-hetero) is 1. The van der Waals surface area contributed by atoms with Crippen LogP contribution >= 0.6 is 0 Å². The maximum absolute atomic E-state index is 13.2. The fourth-order valence-corrected chi connectivity index (χ4v) is 4.58. The molecule has 1 unspecified atom stereocenters. The van der Waals surface area contributed by atoms with Gasteiger partial charge in [0.2, 0.25) is 5.91 Å². The normalized spacial score (nSPS) is 22.9. The van der Waals surface area contributed by atoms with Gasteiger partial charge in [-0.25, -0.2) is 0 Å². The highest BCUT2D eigenvalue weighted by atomic mass is 16.5. The lowest BCUT2D eigenvalue weighted by Gasteiger charge is -2.30. The second-order valence-corrected chi connectivity index (χ2v) is 9.08. The zero-order chi connectivity index (χ0) is 23.3. The van der Waals surface area contributed by atoms with Crippen molar-refractivity contribution in [1.82, 2.24) is 10.6 Å². The topological polar surface area (TPSA) is 111 Å². The van der Waals surface area contributed by atoms with Gasteiger partial charge in [-0.15, -0.1) is 0 Å². The van der Waals surface area contributed by atoms with Crippen molar-refractivity contribution < 1.29 is 28.7 Å². The van der Waals surface area contributed by atoms with E-state index in [-0.39, 0.29) is 29.8 Å². The third kappa shape index (κ3) is 5.94. The molecule has 1 aliphatic heterocycles. The minimum absolute atomic E-state index is 0.00707. The monoisotopic (exact) mass is 444 g/mol. The summed E-state index contributed by atoms with van der Waals surface area (Å²) in [6, 6.07) is 4.69. The van der Waals surface area contributed by atoms with Crippen LogP contribution in [0.5, 0.6) is 5.75 Å². The van der Waals surface area contributed by atoms with Crippen LogP contribution in [0.3, 0.4) is 0 Å². The molecule has 2 N–H and O–H groups in total. The fraction of sp³-hybridized carbons (Fsp3) is 0.583. The number of carbonyl (C=O) groups is 4. The van der Waals surface area contributed by atoms with Crippen LogP contribution in [0, 0.1) is 5.41 Å². The standard InChI is InChI=1S/C24H32N2O6/c1-4-20-21(19(28)14-31-20)26-23(30)18(13-24(3)11-5-6-12-24)25-22(29)16-7-9-17(10-8-16)32-15(2)27/h7-10,18,20-21H,4-6,11-14H2,1-3H3,(H,25,29)(H,26,30)/t18-,20?,21+/m0/s1. The van der Waals surface area contributed by atoms with E-state index in [2.05, 4.69) is 17.6 Å². The average molecular weight is 445 g/mol. The van der Waals surface area contributed by atoms with E-state index < -0.39 is 24.0 Å². The minimum Gasteiger partial charge on any atom is -0.427 e. The van der Waals surface area contributed by atoms with Crippen LogP contribution in [-0.4, -0.2) is 48.4 Å². The quantitative estimate of drug-likeness (QED) is 0.471.